The van der Waals surface area contributed by atoms with Crippen LogP contribution >= 0.6 is 11.8 Å². The van der Waals surface area contributed by atoms with E-state index in [-0.39, 0.29) is 23.4 Å². The van der Waals surface area contributed by atoms with Gasteiger partial charge in [0.05, 0.1) is 6.42 Å². The van der Waals surface area contributed by atoms with Crippen molar-refractivity contribution in [1.82, 2.24) is 0 Å². The average Bonchev–Trinajstić information content (AvgIpc) is 3.35. The van der Waals surface area contributed by atoms with Crippen LogP contribution in [0.15, 0.2) is 53.4 Å². The monoisotopic (exact) mass is 338 g/mol. The molecule has 3 heteroatoms. The van der Waals surface area contributed by atoms with E-state index in [9.17, 15) is 9.59 Å². The lowest BCUT2D eigenvalue weighted by atomic mass is 9.92. The first-order valence-electron chi connectivity index (χ1n) is 8.30. The van der Waals surface area contributed by atoms with Gasteiger partial charge in [-0.1, -0.05) is 49.4 Å². The van der Waals surface area contributed by atoms with Crippen molar-refractivity contribution in [2.75, 3.05) is 6.26 Å². The SMILES string of the molecule is CSc1ccccc1Cc1ccccc1C(=O)CC(=O)C1(C)CC1. The second kappa shape index (κ2) is 6.94. The summed E-state index contributed by atoms with van der Waals surface area (Å²) in [5, 5.41) is 0. The van der Waals surface area contributed by atoms with Crippen LogP contribution in [0.2, 0.25) is 0 Å². The maximum Gasteiger partial charge on any atom is 0.170 e. The molecule has 3 rings (SSSR count). The molecule has 0 bridgehead atoms. The van der Waals surface area contributed by atoms with Gasteiger partial charge in [0, 0.05) is 15.9 Å². The fourth-order valence-corrected chi connectivity index (χ4v) is 3.54. The topological polar surface area (TPSA) is 34.1 Å². The van der Waals surface area contributed by atoms with Crippen molar-refractivity contribution in [2.24, 2.45) is 5.41 Å². The van der Waals surface area contributed by atoms with Gasteiger partial charge < -0.3 is 0 Å². The van der Waals surface area contributed by atoms with Crippen LogP contribution < -0.4 is 0 Å². The number of ketones is 2. The van der Waals surface area contributed by atoms with Crippen LogP contribution in [0.4, 0.5) is 0 Å². The summed E-state index contributed by atoms with van der Waals surface area (Å²) in [5.41, 5.74) is 2.66. The van der Waals surface area contributed by atoms with E-state index in [0.29, 0.717) is 12.0 Å². The second-order valence-corrected chi connectivity index (χ2v) is 7.58. The largest absolute Gasteiger partial charge is 0.299 e. The minimum Gasteiger partial charge on any atom is -0.299 e. The number of hydrogen-bond donors (Lipinski definition) is 0. The quantitative estimate of drug-likeness (QED) is 0.407. The van der Waals surface area contributed by atoms with E-state index >= 15 is 0 Å². The molecular formula is C21H22O2S. The molecule has 1 aliphatic rings. The van der Waals surface area contributed by atoms with Gasteiger partial charge in [0.25, 0.3) is 0 Å². The Morgan fingerprint density at radius 3 is 2.29 bits per heavy atom. The summed E-state index contributed by atoms with van der Waals surface area (Å²) in [4.78, 5) is 26.1. The molecule has 0 aliphatic heterocycles. The molecular weight excluding hydrogens is 316 g/mol. The molecule has 0 amide bonds. The van der Waals surface area contributed by atoms with E-state index in [4.69, 9.17) is 0 Å². The smallest absolute Gasteiger partial charge is 0.170 e. The molecule has 0 N–H and O–H groups in total. The van der Waals surface area contributed by atoms with Crippen molar-refractivity contribution in [3.63, 3.8) is 0 Å². The first-order chi connectivity index (χ1) is 11.5. The van der Waals surface area contributed by atoms with Crippen molar-refractivity contribution in [1.29, 1.82) is 0 Å². The molecule has 0 radical (unpaired) electrons. The van der Waals surface area contributed by atoms with E-state index in [0.717, 1.165) is 18.4 Å². The number of carbonyl (C=O) groups excluding carboxylic acids is 2. The van der Waals surface area contributed by atoms with E-state index in [1.54, 1.807) is 11.8 Å². The minimum absolute atomic E-state index is 0.0255. The Hall–Kier alpha value is -1.87. The van der Waals surface area contributed by atoms with Crippen molar-refractivity contribution in [2.45, 2.75) is 37.5 Å². The highest BCUT2D eigenvalue weighted by molar-refractivity contribution is 7.98. The predicted molar refractivity (Wildman–Crippen MR) is 98.8 cm³/mol. The van der Waals surface area contributed by atoms with Crippen molar-refractivity contribution >= 4 is 23.3 Å². The zero-order valence-corrected chi connectivity index (χ0v) is 15.0. The van der Waals surface area contributed by atoms with Gasteiger partial charge in [0.1, 0.15) is 5.78 Å². The Morgan fingerprint density at radius 2 is 1.62 bits per heavy atom. The Labute approximate surface area is 147 Å². The molecule has 2 nitrogen and oxygen atoms in total. The third-order valence-corrected chi connectivity index (χ3v) is 5.72. The second-order valence-electron chi connectivity index (χ2n) is 6.73. The van der Waals surface area contributed by atoms with Crippen LogP contribution in [0.25, 0.3) is 0 Å². The number of thioether (sulfide) groups is 1. The fourth-order valence-electron chi connectivity index (χ4n) is 2.92. The van der Waals surface area contributed by atoms with Crippen LogP contribution in [-0.4, -0.2) is 17.8 Å². The molecule has 0 heterocycles. The van der Waals surface area contributed by atoms with Crippen molar-refractivity contribution in [3.8, 4) is 0 Å². The van der Waals surface area contributed by atoms with Gasteiger partial charge in [0.15, 0.2) is 5.78 Å². The van der Waals surface area contributed by atoms with Gasteiger partial charge in [-0.05, 0) is 42.7 Å². The number of hydrogen-bond acceptors (Lipinski definition) is 3. The highest BCUT2D eigenvalue weighted by atomic mass is 32.2. The number of Topliss-reactive ketones (excluding diaryl/α,β-unsaturated/α-hetero) is 2. The van der Waals surface area contributed by atoms with Crippen LogP contribution in [0, 0.1) is 5.41 Å². The van der Waals surface area contributed by atoms with Gasteiger partial charge in [-0.15, -0.1) is 11.8 Å². The molecule has 0 atom stereocenters. The van der Waals surface area contributed by atoms with Gasteiger partial charge in [-0.2, -0.15) is 0 Å². The zero-order valence-electron chi connectivity index (χ0n) is 14.2. The Kier molecular flexibility index (Phi) is 4.91. The summed E-state index contributed by atoms with van der Waals surface area (Å²) in [7, 11) is 0. The van der Waals surface area contributed by atoms with E-state index in [2.05, 4.69) is 18.4 Å². The summed E-state index contributed by atoms with van der Waals surface area (Å²) < 4.78 is 0. The fraction of sp³-hybridized carbons (Fsp3) is 0.333. The van der Waals surface area contributed by atoms with E-state index in [1.807, 2.05) is 43.3 Å². The third kappa shape index (κ3) is 3.62. The van der Waals surface area contributed by atoms with Crippen LogP contribution in [-0.2, 0) is 11.2 Å². The van der Waals surface area contributed by atoms with Crippen molar-refractivity contribution in [3.05, 3.63) is 65.2 Å². The standard InChI is InChI=1S/C21H22O2S/c1-21(11-12-21)20(23)14-18(22)17-9-5-3-7-15(17)13-16-8-4-6-10-19(16)24-2/h3-10H,11-14H2,1-2H3. The number of rotatable bonds is 7. The summed E-state index contributed by atoms with van der Waals surface area (Å²) in [5.74, 6) is 0.0391. The van der Waals surface area contributed by atoms with Gasteiger partial charge in [-0.3, -0.25) is 9.59 Å². The lowest BCUT2D eigenvalue weighted by molar-refractivity contribution is -0.122. The van der Waals surface area contributed by atoms with Gasteiger partial charge in [0.2, 0.25) is 0 Å². The number of benzene rings is 2. The van der Waals surface area contributed by atoms with Crippen LogP contribution in [0.3, 0.4) is 0 Å². The summed E-state index contributed by atoms with van der Waals surface area (Å²) in [6.07, 6.45) is 4.64. The molecule has 1 aliphatic carbocycles. The molecule has 1 saturated carbocycles. The summed E-state index contributed by atoms with van der Waals surface area (Å²) >= 11 is 1.71. The first-order valence-corrected chi connectivity index (χ1v) is 9.52. The molecule has 2 aromatic rings. The normalized spacial score (nSPS) is 15.1. The molecule has 0 unspecified atom stereocenters. The zero-order chi connectivity index (χ0) is 17.2. The third-order valence-electron chi connectivity index (χ3n) is 4.89. The number of carbonyl (C=O) groups is 2. The average molecular weight is 338 g/mol. The predicted octanol–water partition coefficient (Wildman–Crippen LogP) is 4.94. The Balaban J connectivity index is 1.82. The van der Waals surface area contributed by atoms with E-state index in [1.165, 1.54) is 10.5 Å². The molecule has 0 spiro atoms. The van der Waals surface area contributed by atoms with Crippen molar-refractivity contribution < 1.29 is 9.59 Å². The molecule has 0 aromatic heterocycles. The minimum atomic E-state index is -0.240. The maximum atomic E-state index is 12.7. The molecule has 2 aromatic carbocycles. The van der Waals surface area contributed by atoms with Gasteiger partial charge in [-0.25, -0.2) is 0 Å². The Bertz CT molecular complexity index is 775. The first kappa shape index (κ1) is 17.0. The molecule has 0 saturated heterocycles. The Morgan fingerprint density at radius 1 is 1.00 bits per heavy atom. The molecule has 1 fully saturated rings. The maximum absolute atomic E-state index is 12.7. The highest BCUT2D eigenvalue weighted by Crippen LogP contribution is 2.46. The van der Waals surface area contributed by atoms with Crippen LogP contribution in [0.1, 0.15) is 47.7 Å². The lowest BCUT2D eigenvalue weighted by Gasteiger charge is -2.12. The van der Waals surface area contributed by atoms with Gasteiger partial charge >= 0.3 is 0 Å². The lowest BCUT2D eigenvalue weighted by Crippen LogP contribution is -2.17. The summed E-state index contributed by atoms with van der Waals surface area (Å²) in [6, 6.07) is 15.9. The van der Waals surface area contributed by atoms with Crippen LogP contribution in [0.5, 0.6) is 0 Å². The van der Waals surface area contributed by atoms with E-state index < -0.39 is 0 Å². The highest BCUT2D eigenvalue weighted by Gasteiger charge is 2.44. The summed E-state index contributed by atoms with van der Waals surface area (Å²) in [6.45, 7) is 1.96. The molecule has 124 valence electrons. The molecule has 24 heavy (non-hydrogen) atoms.